The molecule has 1 aliphatic rings. The molecule has 1 heterocycles. The second kappa shape index (κ2) is 11.5. The number of rotatable bonds is 3. The Hall–Kier alpha value is -1.70. The summed E-state index contributed by atoms with van der Waals surface area (Å²) in [4.78, 5) is 1.90. The first kappa shape index (κ1) is 23.6. The smallest absolute Gasteiger partial charge is 0.189 e. The molecule has 0 radical (unpaired) electrons. The van der Waals surface area contributed by atoms with Crippen molar-refractivity contribution in [2.75, 3.05) is 18.3 Å². The quantitative estimate of drug-likeness (QED) is 0.247. The lowest BCUT2D eigenvalue weighted by atomic mass is 10.1. The third-order valence-corrected chi connectivity index (χ3v) is 5.75. The average Bonchev–Trinajstić information content (AvgIpc) is 2.70. The van der Waals surface area contributed by atoms with Gasteiger partial charge in [0.1, 0.15) is 5.75 Å². The van der Waals surface area contributed by atoms with E-state index in [0.29, 0.717) is 18.4 Å². The van der Waals surface area contributed by atoms with E-state index in [1.165, 1.54) is 0 Å². The Kier molecular flexibility index (Phi) is 9.33. The van der Waals surface area contributed by atoms with Crippen LogP contribution in [0.1, 0.15) is 11.1 Å². The lowest BCUT2D eigenvalue weighted by Crippen LogP contribution is -2.12. The number of thioether (sulfide) groups is 1. The Morgan fingerprint density at radius 3 is 2.34 bits per heavy atom. The number of anilines is 2. The van der Waals surface area contributed by atoms with Crippen molar-refractivity contribution in [1.82, 2.24) is 0 Å². The molecule has 0 aliphatic carbocycles. The Labute approximate surface area is 191 Å². The zero-order valence-corrected chi connectivity index (χ0v) is 18.8. The highest BCUT2D eigenvalue weighted by molar-refractivity contribution is 7.98. The lowest BCUT2D eigenvalue weighted by molar-refractivity contribution is -0.0168. The first-order valence-electron chi connectivity index (χ1n) is 8.57. The Bertz CT molecular complexity index is 937. The number of ether oxygens (including phenoxy) is 2. The number of benzene rings is 3. The Balaban J connectivity index is 0.000000283. The molecule has 0 atom stereocenters. The summed E-state index contributed by atoms with van der Waals surface area (Å²) in [6, 6.07) is 19.1. The van der Waals surface area contributed by atoms with Gasteiger partial charge in [0.05, 0.1) is 6.61 Å². The van der Waals surface area contributed by atoms with Crippen LogP contribution in [0, 0.1) is 0 Å². The van der Waals surface area contributed by atoms with E-state index in [1.54, 1.807) is 11.8 Å². The summed E-state index contributed by atoms with van der Waals surface area (Å²) >= 11 is 11.9. The summed E-state index contributed by atoms with van der Waals surface area (Å²) in [6.07, 6.45) is 0. The lowest BCUT2D eigenvalue weighted by Gasteiger charge is -2.21. The molecule has 1 aliphatic heterocycles. The molecule has 4 rings (SSSR count). The van der Waals surface area contributed by atoms with Crippen LogP contribution >= 0.6 is 48.4 Å². The van der Waals surface area contributed by atoms with Gasteiger partial charge in [-0.1, -0.05) is 35.9 Å². The van der Waals surface area contributed by atoms with Crippen LogP contribution in [-0.4, -0.2) is 6.79 Å². The Morgan fingerprint density at radius 1 is 1.00 bits per heavy atom. The highest BCUT2D eigenvalue weighted by Gasteiger charge is 2.16. The zero-order chi connectivity index (χ0) is 19.9. The molecule has 0 aromatic heterocycles. The van der Waals surface area contributed by atoms with Gasteiger partial charge in [0.15, 0.2) is 6.79 Å². The summed E-state index contributed by atoms with van der Waals surface area (Å²) in [7, 11) is 0. The van der Waals surface area contributed by atoms with Crippen molar-refractivity contribution in [3.63, 3.8) is 0 Å². The predicted octanol–water partition coefficient (Wildman–Crippen LogP) is 6.06. The maximum absolute atomic E-state index is 6.15. The van der Waals surface area contributed by atoms with Crippen LogP contribution in [0.3, 0.4) is 0 Å². The first-order chi connectivity index (χ1) is 13.5. The molecule has 0 amide bonds. The van der Waals surface area contributed by atoms with Crippen LogP contribution in [0.4, 0.5) is 11.4 Å². The largest absolute Gasteiger partial charge is 0.467 e. The van der Waals surface area contributed by atoms with Gasteiger partial charge < -0.3 is 20.9 Å². The third kappa shape index (κ3) is 6.66. The van der Waals surface area contributed by atoms with E-state index in [0.717, 1.165) is 43.8 Å². The Morgan fingerprint density at radius 2 is 1.69 bits per heavy atom. The van der Waals surface area contributed by atoms with E-state index in [9.17, 15) is 0 Å². The van der Waals surface area contributed by atoms with E-state index in [-0.39, 0.29) is 12.4 Å². The summed E-state index contributed by atoms with van der Waals surface area (Å²) < 4.78 is 10.9. The first-order valence-corrected chi connectivity index (χ1v) is 10.4. The molecule has 0 unspecified atom stereocenters. The fraction of sp³-hybridized carbons (Fsp3) is 0.143. The van der Waals surface area contributed by atoms with Crippen molar-refractivity contribution in [2.45, 2.75) is 22.2 Å². The van der Waals surface area contributed by atoms with Crippen LogP contribution in [0.15, 0.2) is 70.5 Å². The number of hydrogen-bond acceptors (Lipinski definition) is 6. The highest BCUT2D eigenvalue weighted by atomic mass is 35.5. The number of nitrogen functional groups attached to an aromatic ring is 2. The monoisotopic (exact) mass is 468 g/mol. The number of thiol groups is 1. The normalized spacial score (nSPS) is 11.9. The molecular weight excluding hydrogens is 447 g/mol. The van der Waals surface area contributed by atoms with Gasteiger partial charge in [-0.2, -0.15) is 0 Å². The van der Waals surface area contributed by atoms with Gasteiger partial charge in [0.25, 0.3) is 0 Å². The molecule has 3 aromatic carbocycles. The average molecular weight is 469 g/mol. The fourth-order valence-corrected chi connectivity index (χ4v) is 3.98. The zero-order valence-electron chi connectivity index (χ0n) is 15.5. The van der Waals surface area contributed by atoms with Gasteiger partial charge in [0, 0.05) is 43.1 Å². The van der Waals surface area contributed by atoms with E-state index in [1.807, 2.05) is 60.7 Å². The summed E-state index contributed by atoms with van der Waals surface area (Å²) in [5.74, 6) is 1.65. The van der Waals surface area contributed by atoms with E-state index in [2.05, 4.69) is 12.6 Å². The molecule has 0 fully saturated rings. The minimum absolute atomic E-state index is 0. The van der Waals surface area contributed by atoms with Crippen molar-refractivity contribution in [1.29, 1.82) is 0 Å². The molecule has 8 heteroatoms. The molecule has 0 spiro atoms. The molecule has 4 N–H and O–H groups in total. The van der Waals surface area contributed by atoms with Crippen molar-refractivity contribution in [2.24, 2.45) is 0 Å². The minimum Gasteiger partial charge on any atom is -0.467 e. The number of hydrogen-bond donors (Lipinski definition) is 3. The van der Waals surface area contributed by atoms with Crippen molar-refractivity contribution < 1.29 is 9.47 Å². The van der Waals surface area contributed by atoms with Crippen LogP contribution < -0.4 is 16.2 Å². The SMILES string of the molecule is Cl.Nc1ccccc1S.Nc1ccccc1SCc1cc(Cl)cc2c1OCOC2. The van der Waals surface area contributed by atoms with Crippen LogP contribution in [0.2, 0.25) is 5.02 Å². The topological polar surface area (TPSA) is 70.5 Å². The molecule has 4 nitrogen and oxygen atoms in total. The number of fused-ring (bicyclic) bond motifs is 1. The third-order valence-electron chi connectivity index (χ3n) is 3.99. The van der Waals surface area contributed by atoms with E-state index >= 15 is 0 Å². The van der Waals surface area contributed by atoms with Crippen LogP contribution in [0.25, 0.3) is 0 Å². The standard InChI is InChI=1S/C15H14ClNO2S.C6H7NS.ClH/c16-12-5-10-7-18-9-19-15(10)11(6-12)8-20-14-4-2-1-3-13(14)17;7-5-3-1-2-4-6(5)8;/h1-6H,7-9,17H2;1-4,8H,7H2;1H. The fourth-order valence-electron chi connectivity index (χ4n) is 2.62. The van der Waals surface area contributed by atoms with E-state index < -0.39 is 0 Å². The van der Waals surface area contributed by atoms with Crippen molar-refractivity contribution >= 4 is 59.8 Å². The van der Waals surface area contributed by atoms with Crippen molar-refractivity contribution in [3.05, 3.63) is 76.8 Å². The second-order valence-corrected chi connectivity index (χ2v) is 7.98. The number of halogens is 2. The van der Waals surface area contributed by atoms with Crippen LogP contribution in [-0.2, 0) is 17.1 Å². The van der Waals surface area contributed by atoms with Gasteiger partial charge in [0.2, 0.25) is 0 Å². The summed E-state index contributed by atoms with van der Waals surface area (Å²) in [5, 5.41) is 0.703. The highest BCUT2D eigenvalue weighted by Crippen LogP contribution is 2.36. The molecule has 0 saturated carbocycles. The van der Waals surface area contributed by atoms with Crippen LogP contribution in [0.5, 0.6) is 5.75 Å². The maximum Gasteiger partial charge on any atom is 0.189 e. The van der Waals surface area contributed by atoms with Gasteiger partial charge >= 0.3 is 0 Å². The second-order valence-electron chi connectivity index (χ2n) is 6.05. The number of nitrogens with two attached hydrogens (primary N) is 2. The predicted molar refractivity (Wildman–Crippen MR) is 128 cm³/mol. The molecule has 29 heavy (non-hydrogen) atoms. The molecule has 0 bridgehead atoms. The van der Waals surface area contributed by atoms with Crippen molar-refractivity contribution in [3.8, 4) is 5.75 Å². The van der Waals surface area contributed by atoms with E-state index in [4.69, 9.17) is 32.5 Å². The molecular formula is C21H22Cl2N2O2S2. The van der Waals surface area contributed by atoms with Gasteiger partial charge in [-0.25, -0.2) is 0 Å². The van der Waals surface area contributed by atoms with Gasteiger partial charge in [-0.05, 0) is 36.4 Å². The van der Waals surface area contributed by atoms with Gasteiger partial charge in [-0.3, -0.25) is 0 Å². The molecule has 154 valence electrons. The van der Waals surface area contributed by atoms with Gasteiger partial charge in [-0.15, -0.1) is 36.8 Å². The molecule has 0 saturated heterocycles. The number of para-hydroxylation sites is 2. The maximum atomic E-state index is 6.15. The minimum atomic E-state index is 0. The summed E-state index contributed by atoms with van der Waals surface area (Å²) in [5.41, 5.74) is 15.0. The molecule has 3 aromatic rings. The summed E-state index contributed by atoms with van der Waals surface area (Å²) in [6.45, 7) is 0.834.